The molecule has 0 amide bonds. The third-order valence-corrected chi connectivity index (χ3v) is 1.16. The Hall–Kier alpha value is -1.12. The summed E-state index contributed by atoms with van der Waals surface area (Å²) in [5.41, 5.74) is 0.877. The minimum Gasteiger partial charge on any atom is -0.274 e. The lowest BCUT2D eigenvalue weighted by Crippen LogP contribution is -2.04. The van der Waals surface area contributed by atoms with Crippen molar-refractivity contribution in [3.63, 3.8) is 0 Å². The summed E-state index contributed by atoms with van der Waals surface area (Å²) < 4.78 is 1.50. The summed E-state index contributed by atoms with van der Waals surface area (Å²) in [5, 5.41) is 0. The van der Waals surface area contributed by atoms with Crippen LogP contribution >= 0.6 is 0 Å². The molecule has 1 heterocycles. The number of rotatable bonds is 0. The van der Waals surface area contributed by atoms with E-state index in [-0.39, 0.29) is 5.91 Å². The lowest BCUT2D eigenvalue weighted by atomic mass is 10.5. The highest BCUT2D eigenvalue weighted by atomic mass is 16.1. The van der Waals surface area contributed by atoms with Gasteiger partial charge in [0, 0.05) is 18.8 Å². The number of imidazole rings is 1. The molecule has 3 nitrogen and oxygen atoms in total. The van der Waals surface area contributed by atoms with Crippen molar-refractivity contribution in [2.45, 2.75) is 13.8 Å². The summed E-state index contributed by atoms with van der Waals surface area (Å²) in [7, 11) is 0. The highest BCUT2D eigenvalue weighted by Crippen LogP contribution is 1.94. The molecule has 0 saturated carbocycles. The lowest BCUT2D eigenvalue weighted by Gasteiger charge is -1.94. The Morgan fingerprint density at radius 3 is 2.67 bits per heavy atom. The van der Waals surface area contributed by atoms with E-state index in [0.717, 1.165) is 5.69 Å². The van der Waals surface area contributed by atoms with Gasteiger partial charge in [-0.15, -0.1) is 0 Å². The third-order valence-electron chi connectivity index (χ3n) is 1.16. The molecule has 0 N–H and O–H groups in total. The summed E-state index contributed by atoms with van der Waals surface area (Å²) >= 11 is 0. The Labute approximate surface area is 53.3 Å². The van der Waals surface area contributed by atoms with Crippen molar-refractivity contribution in [3.8, 4) is 0 Å². The number of aromatic nitrogens is 2. The second-order valence-corrected chi connectivity index (χ2v) is 1.92. The van der Waals surface area contributed by atoms with Crippen molar-refractivity contribution in [1.29, 1.82) is 0 Å². The number of carbonyl (C=O) groups is 1. The fourth-order valence-corrected chi connectivity index (χ4v) is 0.691. The summed E-state index contributed by atoms with van der Waals surface area (Å²) in [5.74, 6) is 0.00463. The molecule has 3 heteroatoms. The van der Waals surface area contributed by atoms with Crippen LogP contribution in [-0.4, -0.2) is 15.5 Å². The smallest absolute Gasteiger partial charge is 0.228 e. The SMILES string of the molecule is CC(=O)n1cncc1C. The minimum absolute atomic E-state index is 0.00463. The molecule has 0 radical (unpaired) electrons. The molecule has 48 valence electrons. The fourth-order valence-electron chi connectivity index (χ4n) is 0.691. The normalized spacial score (nSPS) is 9.56. The van der Waals surface area contributed by atoms with E-state index < -0.39 is 0 Å². The van der Waals surface area contributed by atoms with Crippen LogP contribution in [0.5, 0.6) is 0 Å². The first-order chi connectivity index (χ1) is 4.22. The van der Waals surface area contributed by atoms with Gasteiger partial charge in [0.1, 0.15) is 6.33 Å². The van der Waals surface area contributed by atoms with Gasteiger partial charge in [0.15, 0.2) is 0 Å². The van der Waals surface area contributed by atoms with Crippen molar-refractivity contribution in [2.24, 2.45) is 0 Å². The van der Waals surface area contributed by atoms with E-state index in [0.29, 0.717) is 0 Å². The molecular formula is C6H8N2O. The summed E-state index contributed by atoms with van der Waals surface area (Å²) in [4.78, 5) is 14.4. The van der Waals surface area contributed by atoms with E-state index in [4.69, 9.17) is 0 Å². The number of aryl methyl sites for hydroxylation is 1. The van der Waals surface area contributed by atoms with Crippen LogP contribution in [0.25, 0.3) is 0 Å². The minimum atomic E-state index is 0.00463. The maximum absolute atomic E-state index is 10.7. The maximum Gasteiger partial charge on any atom is 0.228 e. The second-order valence-electron chi connectivity index (χ2n) is 1.92. The van der Waals surface area contributed by atoms with E-state index in [9.17, 15) is 4.79 Å². The molecule has 0 bridgehead atoms. The van der Waals surface area contributed by atoms with Crippen LogP contribution in [0.3, 0.4) is 0 Å². The monoisotopic (exact) mass is 124 g/mol. The molecular weight excluding hydrogens is 116 g/mol. The maximum atomic E-state index is 10.7. The zero-order valence-electron chi connectivity index (χ0n) is 5.46. The fraction of sp³-hybridized carbons (Fsp3) is 0.333. The van der Waals surface area contributed by atoms with E-state index in [1.54, 1.807) is 6.20 Å². The van der Waals surface area contributed by atoms with Crippen molar-refractivity contribution in [1.82, 2.24) is 9.55 Å². The molecule has 1 aromatic heterocycles. The number of hydrogen-bond donors (Lipinski definition) is 0. The Kier molecular flexibility index (Phi) is 1.34. The van der Waals surface area contributed by atoms with Crippen LogP contribution in [0.15, 0.2) is 12.5 Å². The van der Waals surface area contributed by atoms with Gasteiger partial charge < -0.3 is 0 Å². The number of hydrogen-bond acceptors (Lipinski definition) is 2. The molecule has 0 spiro atoms. The predicted molar refractivity (Wildman–Crippen MR) is 33.3 cm³/mol. The molecule has 1 rings (SSSR count). The summed E-state index contributed by atoms with van der Waals surface area (Å²) in [6.07, 6.45) is 3.17. The molecule has 0 fully saturated rings. The van der Waals surface area contributed by atoms with E-state index in [1.807, 2.05) is 6.92 Å². The first-order valence-corrected chi connectivity index (χ1v) is 2.71. The van der Waals surface area contributed by atoms with Crippen molar-refractivity contribution < 1.29 is 4.79 Å². The van der Waals surface area contributed by atoms with Crippen molar-refractivity contribution in [2.75, 3.05) is 0 Å². The van der Waals surface area contributed by atoms with Crippen LogP contribution in [-0.2, 0) is 0 Å². The lowest BCUT2D eigenvalue weighted by molar-refractivity contribution is 0.0934. The van der Waals surface area contributed by atoms with E-state index >= 15 is 0 Å². The zero-order chi connectivity index (χ0) is 6.85. The number of carbonyl (C=O) groups excluding carboxylic acids is 1. The Bertz CT molecular complexity index is 227. The highest BCUT2D eigenvalue weighted by Gasteiger charge is 1.97. The predicted octanol–water partition coefficient (Wildman–Crippen LogP) is 0.852. The van der Waals surface area contributed by atoms with E-state index in [2.05, 4.69) is 4.98 Å². The first-order valence-electron chi connectivity index (χ1n) is 2.71. The quantitative estimate of drug-likeness (QED) is 0.514. The Morgan fingerprint density at radius 1 is 1.78 bits per heavy atom. The van der Waals surface area contributed by atoms with Crippen molar-refractivity contribution >= 4 is 5.91 Å². The average molecular weight is 124 g/mol. The Balaban J connectivity index is 3.08. The largest absolute Gasteiger partial charge is 0.274 e. The molecule has 0 aliphatic rings. The first kappa shape index (κ1) is 6.01. The van der Waals surface area contributed by atoms with Crippen LogP contribution < -0.4 is 0 Å². The molecule has 0 unspecified atom stereocenters. The topological polar surface area (TPSA) is 34.9 Å². The van der Waals surface area contributed by atoms with Gasteiger partial charge >= 0.3 is 0 Å². The van der Waals surface area contributed by atoms with Gasteiger partial charge in [0.05, 0.1) is 0 Å². The van der Waals surface area contributed by atoms with Gasteiger partial charge in [-0.2, -0.15) is 0 Å². The van der Waals surface area contributed by atoms with Gasteiger partial charge in [0.25, 0.3) is 0 Å². The van der Waals surface area contributed by atoms with Gasteiger partial charge in [-0.05, 0) is 6.92 Å². The average Bonchev–Trinajstić information content (AvgIpc) is 2.13. The second kappa shape index (κ2) is 2.01. The summed E-state index contributed by atoms with van der Waals surface area (Å²) in [6, 6.07) is 0. The molecule has 0 aromatic carbocycles. The Morgan fingerprint density at radius 2 is 2.44 bits per heavy atom. The number of nitrogens with zero attached hydrogens (tertiary/aromatic N) is 2. The van der Waals surface area contributed by atoms with Crippen LogP contribution in [0, 0.1) is 6.92 Å². The highest BCUT2D eigenvalue weighted by molar-refractivity contribution is 5.76. The summed E-state index contributed by atoms with van der Waals surface area (Å²) in [6.45, 7) is 3.35. The molecule has 0 atom stereocenters. The van der Waals surface area contributed by atoms with Gasteiger partial charge in [0.2, 0.25) is 5.91 Å². The standard InChI is InChI=1S/C6H8N2O/c1-5-3-7-4-8(5)6(2)9/h3-4H,1-2H3. The van der Waals surface area contributed by atoms with Crippen molar-refractivity contribution in [3.05, 3.63) is 18.2 Å². The molecule has 0 aliphatic carbocycles. The third kappa shape index (κ3) is 0.988. The molecule has 9 heavy (non-hydrogen) atoms. The van der Waals surface area contributed by atoms with Gasteiger partial charge in [-0.25, -0.2) is 4.98 Å². The van der Waals surface area contributed by atoms with Gasteiger partial charge in [-0.1, -0.05) is 0 Å². The van der Waals surface area contributed by atoms with Crippen LogP contribution in [0.2, 0.25) is 0 Å². The molecule has 1 aromatic rings. The molecule has 0 aliphatic heterocycles. The van der Waals surface area contributed by atoms with Crippen LogP contribution in [0.4, 0.5) is 0 Å². The van der Waals surface area contributed by atoms with Gasteiger partial charge in [-0.3, -0.25) is 9.36 Å². The van der Waals surface area contributed by atoms with Crippen LogP contribution in [0.1, 0.15) is 17.4 Å². The zero-order valence-corrected chi connectivity index (χ0v) is 5.46. The van der Waals surface area contributed by atoms with E-state index in [1.165, 1.54) is 17.8 Å². The molecule has 0 saturated heterocycles.